The average Bonchev–Trinajstić information content (AvgIpc) is 3.22. The minimum Gasteiger partial charge on any atom is -0.432 e. The van der Waals surface area contributed by atoms with E-state index in [-0.39, 0.29) is 18.7 Å². The number of carbonyl (C=O) groups excluding carboxylic acids is 2. The van der Waals surface area contributed by atoms with Crippen LogP contribution >= 0.6 is 0 Å². The molecule has 1 heterocycles. The zero-order valence-electron chi connectivity index (χ0n) is 18.5. The molecule has 0 spiro atoms. The van der Waals surface area contributed by atoms with Gasteiger partial charge in [0, 0.05) is 43.5 Å². The molecule has 4 aromatic rings. The highest BCUT2D eigenvalue weighted by molar-refractivity contribution is 5.90. The number of hydrogen-bond acceptors (Lipinski definition) is 3. The van der Waals surface area contributed by atoms with E-state index in [4.69, 9.17) is 10.5 Å². The number of fused-ring (bicyclic) bond motifs is 1. The number of amides is 2. The van der Waals surface area contributed by atoms with Crippen molar-refractivity contribution >= 4 is 22.9 Å². The second kappa shape index (κ2) is 9.61. The number of nitrogens with two attached hydrogens (primary N) is 1. The first-order valence-electron chi connectivity index (χ1n) is 10.8. The van der Waals surface area contributed by atoms with Crippen molar-refractivity contribution in [3.63, 3.8) is 0 Å². The SMILES string of the molecule is CN(Cc1ccccc1)C(=O)C(Cc1ccccc1)(Cc1c[nH]c2ccccc12)OC(N)=O. The summed E-state index contributed by atoms with van der Waals surface area (Å²) in [5.74, 6) is -0.306. The van der Waals surface area contributed by atoms with Gasteiger partial charge >= 0.3 is 6.09 Å². The van der Waals surface area contributed by atoms with E-state index >= 15 is 0 Å². The lowest BCUT2D eigenvalue weighted by atomic mass is 9.86. The lowest BCUT2D eigenvalue weighted by Gasteiger charge is -2.35. The molecular formula is C27H27N3O3. The van der Waals surface area contributed by atoms with E-state index in [1.54, 1.807) is 11.9 Å². The fourth-order valence-corrected chi connectivity index (χ4v) is 4.31. The minimum absolute atomic E-state index is 0.187. The molecule has 1 atom stereocenters. The largest absolute Gasteiger partial charge is 0.432 e. The molecule has 2 amide bonds. The van der Waals surface area contributed by atoms with Crippen molar-refractivity contribution < 1.29 is 14.3 Å². The van der Waals surface area contributed by atoms with Gasteiger partial charge in [0.25, 0.3) is 5.91 Å². The zero-order valence-corrected chi connectivity index (χ0v) is 18.5. The van der Waals surface area contributed by atoms with E-state index in [1.807, 2.05) is 91.1 Å². The maximum absolute atomic E-state index is 14.0. The van der Waals surface area contributed by atoms with E-state index in [9.17, 15) is 9.59 Å². The van der Waals surface area contributed by atoms with Crippen molar-refractivity contribution in [2.45, 2.75) is 25.0 Å². The molecule has 3 N–H and O–H groups in total. The predicted octanol–water partition coefficient (Wildman–Crippen LogP) is 4.45. The normalized spacial score (nSPS) is 12.8. The highest BCUT2D eigenvalue weighted by atomic mass is 16.6. The number of aromatic amines is 1. The average molecular weight is 442 g/mol. The third-order valence-corrected chi connectivity index (χ3v) is 5.78. The smallest absolute Gasteiger partial charge is 0.405 e. The van der Waals surface area contributed by atoms with Gasteiger partial charge in [0.2, 0.25) is 0 Å². The maximum Gasteiger partial charge on any atom is 0.405 e. The van der Waals surface area contributed by atoms with Crippen molar-refractivity contribution in [2.75, 3.05) is 7.05 Å². The lowest BCUT2D eigenvalue weighted by Crippen LogP contribution is -2.54. The number of nitrogens with one attached hydrogen (secondary N) is 1. The van der Waals surface area contributed by atoms with Gasteiger partial charge in [0.05, 0.1) is 0 Å². The first kappa shape index (κ1) is 22.1. The van der Waals surface area contributed by atoms with Crippen molar-refractivity contribution in [3.05, 3.63) is 108 Å². The number of likely N-dealkylation sites (N-methyl/N-ethyl adjacent to an activating group) is 1. The van der Waals surface area contributed by atoms with Gasteiger partial charge in [-0.15, -0.1) is 0 Å². The summed E-state index contributed by atoms with van der Waals surface area (Å²) in [4.78, 5) is 30.9. The van der Waals surface area contributed by atoms with E-state index in [0.717, 1.165) is 27.6 Å². The fourth-order valence-electron chi connectivity index (χ4n) is 4.31. The Morgan fingerprint density at radius 2 is 1.48 bits per heavy atom. The zero-order chi connectivity index (χ0) is 23.3. The Bertz CT molecular complexity index is 1240. The van der Waals surface area contributed by atoms with Crippen LogP contribution in [0.5, 0.6) is 0 Å². The number of primary amides is 1. The van der Waals surface area contributed by atoms with Crippen LogP contribution in [0.25, 0.3) is 10.9 Å². The van der Waals surface area contributed by atoms with E-state index in [2.05, 4.69) is 4.98 Å². The molecule has 0 radical (unpaired) electrons. The number of H-pyrrole nitrogens is 1. The topological polar surface area (TPSA) is 88.4 Å². The molecule has 0 saturated carbocycles. The second-order valence-electron chi connectivity index (χ2n) is 8.26. The van der Waals surface area contributed by atoms with Crippen molar-refractivity contribution in [1.29, 1.82) is 0 Å². The summed E-state index contributed by atoms with van der Waals surface area (Å²) in [5.41, 5.74) is 7.71. The Morgan fingerprint density at radius 3 is 2.15 bits per heavy atom. The second-order valence-corrected chi connectivity index (χ2v) is 8.26. The summed E-state index contributed by atoms with van der Waals surface area (Å²) in [6, 6.07) is 27.1. The van der Waals surface area contributed by atoms with Crippen LogP contribution in [-0.4, -0.2) is 34.5 Å². The van der Waals surface area contributed by atoms with Gasteiger partial charge in [-0.05, 0) is 22.8 Å². The third-order valence-electron chi connectivity index (χ3n) is 5.78. The molecule has 0 aliphatic carbocycles. The first-order chi connectivity index (χ1) is 16.0. The number of benzene rings is 3. The van der Waals surface area contributed by atoms with Gasteiger partial charge in [-0.3, -0.25) is 4.79 Å². The van der Waals surface area contributed by atoms with Crippen LogP contribution < -0.4 is 5.73 Å². The van der Waals surface area contributed by atoms with Crippen LogP contribution in [0.4, 0.5) is 4.79 Å². The van der Waals surface area contributed by atoms with E-state index in [0.29, 0.717) is 6.54 Å². The Balaban J connectivity index is 1.75. The van der Waals surface area contributed by atoms with Gasteiger partial charge in [-0.2, -0.15) is 0 Å². The summed E-state index contributed by atoms with van der Waals surface area (Å²) in [7, 11) is 1.72. The monoisotopic (exact) mass is 441 g/mol. The van der Waals surface area contributed by atoms with E-state index < -0.39 is 11.7 Å². The van der Waals surface area contributed by atoms with Crippen LogP contribution in [-0.2, 0) is 28.9 Å². The molecular weight excluding hydrogens is 414 g/mol. The molecule has 1 unspecified atom stereocenters. The van der Waals surface area contributed by atoms with Crippen LogP contribution in [0.3, 0.4) is 0 Å². The highest BCUT2D eigenvalue weighted by Crippen LogP contribution is 2.30. The minimum atomic E-state index is -1.50. The highest BCUT2D eigenvalue weighted by Gasteiger charge is 2.45. The first-order valence-corrected chi connectivity index (χ1v) is 10.8. The number of aromatic nitrogens is 1. The van der Waals surface area contributed by atoms with Crippen molar-refractivity contribution in [3.8, 4) is 0 Å². The van der Waals surface area contributed by atoms with Crippen LogP contribution in [0.2, 0.25) is 0 Å². The third kappa shape index (κ3) is 5.06. The Hall–Kier alpha value is -4.06. The van der Waals surface area contributed by atoms with Gasteiger partial charge in [0.15, 0.2) is 5.60 Å². The van der Waals surface area contributed by atoms with E-state index in [1.165, 1.54) is 0 Å². The number of rotatable bonds is 8. The molecule has 6 nitrogen and oxygen atoms in total. The van der Waals surface area contributed by atoms with Crippen LogP contribution in [0, 0.1) is 0 Å². The standard InChI is InChI=1S/C27H27N3O3/c1-30(19-21-12-6-3-7-13-21)25(31)27(33-26(28)32,16-20-10-4-2-5-11-20)17-22-18-29-24-15-9-8-14-23(22)24/h2-15,18,29H,16-17,19H2,1H3,(H2,28,32). The van der Waals surface area contributed by atoms with Crippen molar-refractivity contribution in [1.82, 2.24) is 9.88 Å². The quantitative estimate of drug-likeness (QED) is 0.424. The molecule has 0 fully saturated rings. The van der Waals surface area contributed by atoms with Crippen LogP contribution in [0.15, 0.2) is 91.1 Å². The van der Waals surface area contributed by atoms with Gasteiger partial charge in [0.1, 0.15) is 0 Å². The molecule has 1 aromatic heterocycles. The summed E-state index contributed by atoms with van der Waals surface area (Å²) in [6.45, 7) is 0.381. The van der Waals surface area contributed by atoms with Gasteiger partial charge in [-0.1, -0.05) is 78.9 Å². The number of nitrogens with zero attached hydrogens (tertiary/aromatic N) is 1. The number of para-hydroxylation sites is 1. The molecule has 0 aliphatic heterocycles. The summed E-state index contributed by atoms with van der Waals surface area (Å²) < 4.78 is 5.72. The number of hydrogen-bond donors (Lipinski definition) is 2. The maximum atomic E-state index is 14.0. The Morgan fingerprint density at radius 1 is 0.879 bits per heavy atom. The Labute approximate surface area is 193 Å². The molecule has 0 aliphatic rings. The van der Waals surface area contributed by atoms with Crippen LogP contribution in [0.1, 0.15) is 16.7 Å². The van der Waals surface area contributed by atoms with Gasteiger partial charge in [-0.25, -0.2) is 4.79 Å². The Kier molecular flexibility index (Phi) is 6.45. The molecule has 33 heavy (non-hydrogen) atoms. The number of carbonyl (C=O) groups is 2. The molecule has 6 heteroatoms. The lowest BCUT2D eigenvalue weighted by molar-refractivity contribution is -0.150. The molecule has 0 bridgehead atoms. The summed E-state index contributed by atoms with van der Waals surface area (Å²) >= 11 is 0. The fraction of sp³-hybridized carbons (Fsp3) is 0.185. The number of ether oxygens (including phenoxy) is 1. The van der Waals surface area contributed by atoms with Gasteiger partial charge < -0.3 is 20.4 Å². The predicted molar refractivity (Wildman–Crippen MR) is 128 cm³/mol. The molecule has 3 aromatic carbocycles. The molecule has 168 valence electrons. The van der Waals surface area contributed by atoms with Crippen molar-refractivity contribution in [2.24, 2.45) is 5.73 Å². The summed E-state index contributed by atoms with van der Waals surface area (Å²) in [5, 5.41) is 0.974. The molecule has 0 saturated heterocycles. The summed E-state index contributed by atoms with van der Waals surface area (Å²) in [6.07, 6.45) is 1.27. The molecule has 4 rings (SSSR count).